The number of hydrogen-bond acceptors (Lipinski definition) is 6. The van der Waals surface area contributed by atoms with Gasteiger partial charge in [-0.15, -0.1) is 11.8 Å². The van der Waals surface area contributed by atoms with E-state index in [1.165, 1.54) is 18.9 Å². The molecule has 0 saturated heterocycles. The van der Waals surface area contributed by atoms with E-state index >= 15 is 0 Å². The van der Waals surface area contributed by atoms with Gasteiger partial charge in [0, 0.05) is 33.5 Å². The van der Waals surface area contributed by atoms with E-state index in [9.17, 15) is 14.4 Å². The van der Waals surface area contributed by atoms with Gasteiger partial charge in [0.25, 0.3) is 11.8 Å². The maximum absolute atomic E-state index is 13.8. The normalized spacial score (nSPS) is 11.6. The number of rotatable bonds is 12. The number of carbonyl (C=O) groups is 3. The summed E-state index contributed by atoms with van der Waals surface area (Å²) in [6.07, 6.45) is 1.55. The Morgan fingerprint density at radius 1 is 0.708 bits per heavy atom. The van der Waals surface area contributed by atoms with Gasteiger partial charge in [0.1, 0.15) is 22.4 Å². The minimum Gasteiger partial charge on any atom is -0.497 e. The van der Waals surface area contributed by atoms with Gasteiger partial charge in [0.15, 0.2) is 0 Å². The van der Waals surface area contributed by atoms with Gasteiger partial charge in [-0.25, -0.2) is 0 Å². The summed E-state index contributed by atoms with van der Waals surface area (Å²) in [5.74, 6) is -0.120. The second-order valence-corrected chi connectivity index (χ2v) is 11.9. The molecule has 9 heteroatoms. The third-order valence-corrected chi connectivity index (χ3v) is 8.49. The first kappa shape index (κ1) is 33.6. The van der Waals surface area contributed by atoms with Gasteiger partial charge in [-0.2, -0.15) is 0 Å². The van der Waals surface area contributed by atoms with Crippen LogP contribution in [0.3, 0.4) is 0 Å². The number of ether oxygens (including phenoxy) is 2. The van der Waals surface area contributed by atoms with E-state index in [0.717, 1.165) is 16.0 Å². The summed E-state index contributed by atoms with van der Waals surface area (Å²) < 4.78 is 10.8. The van der Waals surface area contributed by atoms with Crippen LogP contribution in [0.4, 0.5) is 11.4 Å². The molecule has 0 aliphatic rings. The van der Waals surface area contributed by atoms with Gasteiger partial charge in [0.05, 0.1) is 14.2 Å². The quantitative estimate of drug-likeness (QED) is 0.0931. The van der Waals surface area contributed by atoms with Crippen LogP contribution < -0.4 is 25.4 Å². The first-order chi connectivity index (χ1) is 23.3. The molecule has 0 aliphatic carbocycles. The Morgan fingerprint density at radius 2 is 1.40 bits per heavy atom. The summed E-state index contributed by atoms with van der Waals surface area (Å²) >= 11 is 1.37. The zero-order chi connectivity index (χ0) is 33.9. The molecule has 5 aromatic rings. The second-order valence-electron chi connectivity index (χ2n) is 10.7. The predicted octanol–water partition coefficient (Wildman–Crippen LogP) is 7.89. The van der Waals surface area contributed by atoms with Crippen LogP contribution in [-0.4, -0.2) is 31.9 Å². The summed E-state index contributed by atoms with van der Waals surface area (Å²) in [6.45, 7) is 1.97. The molecule has 242 valence electrons. The van der Waals surface area contributed by atoms with Crippen molar-refractivity contribution in [1.82, 2.24) is 5.32 Å². The Kier molecular flexibility index (Phi) is 11.3. The first-order valence-corrected chi connectivity index (χ1v) is 16.0. The Hall–Kier alpha value is -5.80. The van der Waals surface area contributed by atoms with Gasteiger partial charge in [-0.05, 0) is 78.7 Å². The van der Waals surface area contributed by atoms with Crippen LogP contribution in [0.5, 0.6) is 11.5 Å². The van der Waals surface area contributed by atoms with Crippen LogP contribution in [0.25, 0.3) is 6.08 Å². The molecule has 48 heavy (non-hydrogen) atoms. The number of nitrogens with one attached hydrogen (secondary N) is 3. The molecular weight excluding hydrogens is 623 g/mol. The van der Waals surface area contributed by atoms with E-state index in [1.54, 1.807) is 73.8 Å². The lowest BCUT2D eigenvalue weighted by Gasteiger charge is -2.18. The van der Waals surface area contributed by atoms with Gasteiger partial charge in [0.2, 0.25) is 5.91 Å². The van der Waals surface area contributed by atoms with Gasteiger partial charge >= 0.3 is 0 Å². The number of carbonyl (C=O) groups excluding carboxylic acids is 3. The van der Waals surface area contributed by atoms with E-state index in [0.29, 0.717) is 34.0 Å². The van der Waals surface area contributed by atoms with Crippen molar-refractivity contribution < 1.29 is 23.9 Å². The molecule has 3 amide bonds. The Morgan fingerprint density at radius 3 is 2.08 bits per heavy atom. The predicted molar refractivity (Wildman–Crippen MR) is 191 cm³/mol. The molecule has 1 atom stereocenters. The number of benzene rings is 5. The average Bonchev–Trinajstić information content (AvgIpc) is 3.11. The van der Waals surface area contributed by atoms with Crippen LogP contribution in [-0.2, 0) is 9.59 Å². The fraction of sp³-hybridized carbons (Fsp3) is 0.103. The third kappa shape index (κ3) is 8.92. The van der Waals surface area contributed by atoms with Gasteiger partial charge in [-0.1, -0.05) is 66.7 Å². The Labute approximate surface area is 284 Å². The molecule has 1 unspecified atom stereocenters. The molecule has 5 aromatic carbocycles. The number of methoxy groups -OCH3 is 2. The maximum Gasteiger partial charge on any atom is 0.272 e. The molecule has 0 radical (unpaired) electrons. The fourth-order valence-corrected chi connectivity index (χ4v) is 5.93. The smallest absolute Gasteiger partial charge is 0.272 e. The SMILES string of the molecule is COc1ccc(/C=C(/NC(=O)c2ccccc2)C(=O)Nc2cccc(SC(C(=O)Nc3cccc(C)c3)c3ccccc3)c2)c(OC)c1. The van der Waals surface area contributed by atoms with Crippen molar-refractivity contribution in [3.05, 3.63) is 155 Å². The molecule has 0 bridgehead atoms. The molecule has 3 N–H and O–H groups in total. The van der Waals surface area contributed by atoms with Crippen LogP contribution in [0.2, 0.25) is 0 Å². The maximum atomic E-state index is 13.8. The number of thioether (sulfide) groups is 1. The fourth-order valence-electron chi connectivity index (χ4n) is 4.85. The molecule has 8 nitrogen and oxygen atoms in total. The Balaban J connectivity index is 1.41. The van der Waals surface area contributed by atoms with Crippen molar-refractivity contribution in [2.45, 2.75) is 17.1 Å². The van der Waals surface area contributed by atoms with Crippen molar-refractivity contribution in [2.24, 2.45) is 0 Å². The number of hydrogen-bond donors (Lipinski definition) is 3. The molecule has 0 aliphatic heterocycles. The highest BCUT2D eigenvalue weighted by Gasteiger charge is 2.23. The molecule has 0 heterocycles. The lowest BCUT2D eigenvalue weighted by molar-refractivity contribution is -0.116. The Bertz CT molecular complexity index is 1930. The zero-order valence-electron chi connectivity index (χ0n) is 26.7. The molecular formula is C39H35N3O5S. The second kappa shape index (κ2) is 16.2. The monoisotopic (exact) mass is 657 g/mol. The highest BCUT2D eigenvalue weighted by Crippen LogP contribution is 2.37. The van der Waals surface area contributed by atoms with Crippen LogP contribution in [0.1, 0.15) is 32.3 Å². The first-order valence-electron chi connectivity index (χ1n) is 15.1. The summed E-state index contributed by atoms with van der Waals surface area (Å²) in [7, 11) is 3.07. The lowest BCUT2D eigenvalue weighted by Crippen LogP contribution is -2.30. The highest BCUT2D eigenvalue weighted by atomic mass is 32.2. The molecule has 5 rings (SSSR count). The van der Waals surface area contributed by atoms with Crippen LogP contribution in [0.15, 0.2) is 138 Å². The van der Waals surface area contributed by atoms with E-state index in [2.05, 4.69) is 16.0 Å². The van der Waals surface area contributed by atoms with E-state index in [1.807, 2.05) is 73.7 Å². The van der Waals surface area contributed by atoms with Crippen molar-refractivity contribution >= 4 is 46.9 Å². The standard InChI is InChI=1S/C39H35N3O5S/c1-26-12-10-17-30(22-26)41-39(45)36(27-13-6-4-7-14-27)48-33-19-11-18-31(24-33)40-38(44)34(42-37(43)28-15-8-5-9-16-28)23-29-20-21-32(46-2)25-35(29)47-3/h4-25,36H,1-3H3,(H,40,44)(H,41,45)(H,42,43)/b34-23+. The summed E-state index contributed by atoms with van der Waals surface area (Å²) in [6, 6.07) is 38.2. The summed E-state index contributed by atoms with van der Waals surface area (Å²) in [4.78, 5) is 41.3. The van der Waals surface area contributed by atoms with Crippen molar-refractivity contribution in [1.29, 1.82) is 0 Å². The summed E-state index contributed by atoms with van der Waals surface area (Å²) in [5, 5.41) is 8.13. The summed E-state index contributed by atoms with van der Waals surface area (Å²) in [5.41, 5.74) is 4.04. The van der Waals surface area contributed by atoms with E-state index in [-0.39, 0.29) is 11.6 Å². The minimum absolute atomic E-state index is 0.00469. The van der Waals surface area contributed by atoms with Crippen molar-refractivity contribution in [3.8, 4) is 11.5 Å². The highest BCUT2D eigenvalue weighted by molar-refractivity contribution is 8.00. The molecule has 0 spiro atoms. The van der Waals surface area contributed by atoms with E-state index < -0.39 is 17.1 Å². The van der Waals surface area contributed by atoms with Gasteiger partial charge < -0.3 is 25.4 Å². The van der Waals surface area contributed by atoms with Crippen molar-refractivity contribution in [2.75, 3.05) is 24.9 Å². The number of anilines is 2. The van der Waals surface area contributed by atoms with Crippen LogP contribution >= 0.6 is 11.8 Å². The van der Waals surface area contributed by atoms with Crippen LogP contribution in [0, 0.1) is 6.92 Å². The van der Waals surface area contributed by atoms with E-state index in [4.69, 9.17) is 9.47 Å². The van der Waals surface area contributed by atoms with Gasteiger partial charge in [-0.3, -0.25) is 14.4 Å². The molecule has 0 fully saturated rings. The van der Waals surface area contributed by atoms with Crippen molar-refractivity contribution in [3.63, 3.8) is 0 Å². The number of amides is 3. The molecule has 0 saturated carbocycles. The third-order valence-electron chi connectivity index (χ3n) is 7.24. The minimum atomic E-state index is -0.569. The topological polar surface area (TPSA) is 106 Å². The largest absolute Gasteiger partial charge is 0.497 e. The number of aryl methyl sites for hydroxylation is 1. The zero-order valence-corrected chi connectivity index (χ0v) is 27.5. The molecule has 0 aromatic heterocycles. The lowest BCUT2D eigenvalue weighted by atomic mass is 10.1. The average molecular weight is 658 g/mol.